The van der Waals surface area contributed by atoms with E-state index >= 15 is 0 Å². The molecule has 1 aromatic rings. The topological polar surface area (TPSA) is 50.4 Å². The molecule has 112 valence electrons. The Morgan fingerprint density at radius 3 is 2.70 bits per heavy atom. The average molecular weight is 364 g/mol. The van der Waals surface area contributed by atoms with Crippen LogP contribution < -0.4 is 10.6 Å². The van der Waals surface area contributed by atoms with Crippen molar-refractivity contribution in [1.29, 1.82) is 0 Å². The summed E-state index contributed by atoms with van der Waals surface area (Å²) >= 11 is 3.40. The number of amides is 1. The Bertz CT molecular complexity index is 441. The summed E-state index contributed by atoms with van der Waals surface area (Å²) < 4.78 is 6.52. The van der Waals surface area contributed by atoms with Gasteiger partial charge in [-0.2, -0.15) is 0 Å². The van der Waals surface area contributed by atoms with Gasteiger partial charge < -0.3 is 15.4 Å². The van der Waals surface area contributed by atoms with Crippen molar-refractivity contribution in [3.8, 4) is 0 Å². The van der Waals surface area contributed by atoms with Gasteiger partial charge in [0.1, 0.15) is 6.04 Å². The van der Waals surface area contributed by atoms with Crippen molar-refractivity contribution >= 4 is 34.2 Å². The second-order valence-corrected chi connectivity index (χ2v) is 5.71. The Kier molecular flexibility index (Phi) is 6.95. The predicted molar refractivity (Wildman–Crippen MR) is 85.2 cm³/mol. The molecule has 1 fully saturated rings. The van der Waals surface area contributed by atoms with E-state index in [4.69, 9.17) is 4.74 Å². The number of carbonyl (C=O) groups excluding carboxylic acids is 1. The first kappa shape index (κ1) is 17.4. The maximum atomic E-state index is 12.2. The lowest BCUT2D eigenvalue weighted by atomic mass is 10.1. The summed E-state index contributed by atoms with van der Waals surface area (Å²) in [6.07, 6.45) is -0.0918. The number of ether oxygens (including phenoxy) is 1. The fraction of sp³-hybridized carbons (Fsp3) is 0.500. The van der Waals surface area contributed by atoms with E-state index < -0.39 is 0 Å². The largest absolute Gasteiger partial charge is 0.375 e. The molecule has 2 N–H and O–H groups in total. The number of carbonyl (C=O) groups is 1. The smallest absolute Gasteiger partial charge is 0.240 e. The quantitative estimate of drug-likeness (QED) is 0.867. The van der Waals surface area contributed by atoms with Crippen LogP contribution in [0.15, 0.2) is 28.7 Å². The van der Waals surface area contributed by atoms with Gasteiger partial charge in [0.2, 0.25) is 5.91 Å². The standard InChI is InChI=1S/C14H19BrN2O2.ClH/c1-9(11-3-5-12(15)6-4-11)17-14(18)13-10(2)19-8-7-16-13;/h3-6,9-10,13,16H,7-8H2,1-2H3,(H,17,18);1H/t9?,10-,13+;/m1./s1. The predicted octanol–water partition coefficient (Wildman–Crippen LogP) is 2.43. The maximum absolute atomic E-state index is 12.2. The van der Waals surface area contributed by atoms with Gasteiger partial charge in [0, 0.05) is 11.0 Å². The second-order valence-electron chi connectivity index (χ2n) is 4.79. The van der Waals surface area contributed by atoms with Crippen LogP contribution in [0.25, 0.3) is 0 Å². The van der Waals surface area contributed by atoms with E-state index in [2.05, 4.69) is 26.6 Å². The number of hydrogen-bond acceptors (Lipinski definition) is 3. The van der Waals surface area contributed by atoms with Gasteiger partial charge in [-0.15, -0.1) is 12.4 Å². The Balaban J connectivity index is 0.00000200. The molecule has 0 radical (unpaired) electrons. The van der Waals surface area contributed by atoms with Crippen LogP contribution in [-0.2, 0) is 9.53 Å². The van der Waals surface area contributed by atoms with E-state index in [1.807, 2.05) is 38.1 Å². The molecule has 1 aromatic carbocycles. The lowest BCUT2D eigenvalue weighted by Gasteiger charge is -2.30. The van der Waals surface area contributed by atoms with Crippen LogP contribution >= 0.6 is 28.3 Å². The minimum Gasteiger partial charge on any atom is -0.375 e. The van der Waals surface area contributed by atoms with Gasteiger partial charge in [-0.3, -0.25) is 4.79 Å². The van der Waals surface area contributed by atoms with E-state index in [0.29, 0.717) is 6.61 Å². The molecule has 20 heavy (non-hydrogen) atoms. The highest BCUT2D eigenvalue weighted by atomic mass is 79.9. The van der Waals surface area contributed by atoms with Gasteiger partial charge in [0.05, 0.1) is 18.8 Å². The minimum absolute atomic E-state index is 0. The fourth-order valence-electron chi connectivity index (χ4n) is 2.17. The monoisotopic (exact) mass is 362 g/mol. The molecule has 0 aliphatic carbocycles. The van der Waals surface area contributed by atoms with Crippen molar-refractivity contribution in [1.82, 2.24) is 10.6 Å². The number of halogens is 2. The molecule has 0 aromatic heterocycles. The van der Waals surface area contributed by atoms with Gasteiger partial charge in [0.25, 0.3) is 0 Å². The Morgan fingerprint density at radius 2 is 2.10 bits per heavy atom. The van der Waals surface area contributed by atoms with Gasteiger partial charge >= 0.3 is 0 Å². The summed E-state index contributed by atoms with van der Waals surface area (Å²) in [4.78, 5) is 12.2. The lowest BCUT2D eigenvalue weighted by Crippen LogP contribution is -2.55. The molecule has 6 heteroatoms. The third-order valence-corrected chi connectivity index (χ3v) is 3.86. The summed E-state index contributed by atoms with van der Waals surface area (Å²) in [5.41, 5.74) is 1.08. The van der Waals surface area contributed by atoms with E-state index in [1.54, 1.807) is 0 Å². The van der Waals surface area contributed by atoms with Gasteiger partial charge in [-0.25, -0.2) is 0 Å². The molecular weight excluding hydrogens is 344 g/mol. The molecule has 0 saturated carbocycles. The Labute approximate surface area is 134 Å². The van der Waals surface area contributed by atoms with Crippen molar-refractivity contribution in [2.45, 2.75) is 32.0 Å². The Hall–Kier alpha value is -0.620. The second kappa shape index (κ2) is 7.98. The molecule has 2 rings (SSSR count). The van der Waals surface area contributed by atoms with Crippen molar-refractivity contribution in [3.05, 3.63) is 34.3 Å². The normalized spacial score (nSPS) is 23.6. The van der Waals surface area contributed by atoms with Crippen LogP contribution in [0, 0.1) is 0 Å². The zero-order valence-electron chi connectivity index (χ0n) is 11.6. The van der Waals surface area contributed by atoms with Crippen LogP contribution in [0.4, 0.5) is 0 Å². The van der Waals surface area contributed by atoms with E-state index in [1.165, 1.54) is 0 Å². The summed E-state index contributed by atoms with van der Waals surface area (Å²) in [6, 6.07) is 7.67. The molecule has 4 nitrogen and oxygen atoms in total. The molecule has 1 heterocycles. The fourth-order valence-corrected chi connectivity index (χ4v) is 2.43. The van der Waals surface area contributed by atoms with Crippen LogP contribution in [0.2, 0.25) is 0 Å². The van der Waals surface area contributed by atoms with E-state index in [9.17, 15) is 4.79 Å². The van der Waals surface area contributed by atoms with E-state index in [0.717, 1.165) is 16.6 Å². The van der Waals surface area contributed by atoms with Crippen LogP contribution in [0.5, 0.6) is 0 Å². The number of morpholine rings is 1. The summed E-state index contributed by atoms with van der Waals surface area (Å²) in [5, 5.41) is 6.21. The molecule has 1 saturated heterocycles. The molecule has 1 aliphatic rings. The zero-order valence-corrected chi connectivity index (χ0v) is 14.0. The SMILES string of the molecule is CC(NC(=O)[C@H]1NCCO[C@@H]1C)c1ccc(Br)cc1.Cl. The first-order chi connectivity index (χ1) is 9.08. The average Bonchev–Trinajstić information content (AvgIpc) is 2.39. The molecule has 3 atom stereocenters. The highest BCUT2D eigenvalue weighted by molar-refractivity contribution is 9.10. The van der Waals surface area contributed by atoms with E-state index in [-0.39, 0.29) is 36.5 Å². The highest BCUT2D eigenvalue weighted by Crippen LogP contribution is 2.17. The molecular formula is C14H20BrClN2O2. The third-order valence-electron chi connectivity index (χ3n) is 3.33. The number of nitrogens with one attached hydrogen (secondary N) is 2. The van der Waals surface area contributed by atoms with Crippen molar-refractivity contribution in [2.24, 2.45) is 0 Å². The van der Waals surface area contributed by atoms with Crippen LogP contribution in [-0.4, -0.2) is 31.2 Å². The van der Waals surface area contributed by atoms with Crippen LogP contribution in [0.3, 0.4) is 0 Å². The molecule has 0 bridgehead atoms. The molecule has 1 unspecified atom stereocenters. The third kappa shape index (κ3) is 4.45. The summed E-state index contributed by atoms with van der Waals surface area (Å²) in [5.74, 6) is -0.0115. The molecule has 0 spiro atoms. The number of rotatable bonds is 3. The van der Waals surface area contributed by atoms with Crippen molar-refractivity contribution in [3.63, 3.8) is 0 Å². The van der Waals surface area contributed by atoms with Gasteiger partial charge in [0.15, 0.2) is 0 Å². The minimum atomic E-state index is -0.272. The van der Waals surface area contributed by atoms with Crippen LogP contribution in [0.1, 0.15) is 25.5 Å². The zero-order chi connectivity index (χ0) is 13.8. The first-order valence-corrected chi connectivity index (χ1v) is 7.28. The molecule has 1 aliphatic heterocycles. The lowest BCUT2D eigenvalue weighted by molar-refractivity contribution is -0.129. The van der Waals surface area contributed by atoms with Crippen molar-refractivity contribution in [2.75, 3.05) is 13.2 Å². The Morgan fingerprint density at radius 1 is 1.45 bits per heavy atom. The molecule has 1 amide bonds. The summed E-state index contributed by atoms with van der Waals surface area (Å²) in [7, 11) is 0. The van der Waals surface area contributed by atoms with Gasteiger partial charge in [-0.1, -0.05) is 28.1 Å². The first-order valence-electron chi connectivity index (χ1n) is 6.49. The van der Waals surface area contributed by atoms with Crippen molar-refractivity contribution < 1.29 is 9.53 Å². The summed E-state index contributed by atoms with van der Waals surface area (Å²) in [6.45, 7) is 5.28. The highest BCUT2D eigenvalue weighted by Gasteiger charge is 2.28. The number of hydrogen-bond donors (Lipinski definition) is 2. The number of benzene rings is 1. The maximum Gasteiger partial charge on any atom is 0.240 e. The van der Waals surface area contributed by atoms with Gasteiger partial charge in [-0.05, 0) is 31.5 Å².